The van der Waals surface area contributed by atoms with Crippen molar-refractivity contribution in [1.29, 1.82) is 0 Å². The summed E-state index contributed by atoms with van der Waals surface area (Å²) in [6, 6.07) is 11.5. The minimum atomic E-state index is 0. The largest absolute Gasteiger partial charge is 0.493 e. The van der Waals surface area contributed by atoms with Crippen molar-refractivity contribution in [3.8, 4) is 17.2 Å². The topological polar surface area (TPSA) is 64.1 Å². The smallest absolute Gasteiger partial charge is 0.203 e. The van der Waals surface area contributed by atoms with E-state index in [-0.39, 0.29) is 24.0 Å². The van der Waals surface area contributed by atoms with Crippen LogP contribution in [0.3, 0.4) is 0 Å². The molecule has 0 saturated carbocycles. The van der Waals surface area contributed by atoms with Gasteiger partial charge in [-0.05, 0) is 36.2 Å². The molecule has 0 bridgehead atoms. The molecule has 8 heteroatoms. The Kier molecular flexibility index (Phi) is 10.8. The lowest BCUT2D eigenvalue weighted by molar-refractivity contribution is 0.324. The second-order valence-corrected chi connectivity index (χ2v) is 6.08. The number of nitrogens with one attached hydrogen (secondary N) is 2. The lowest BCUT2D eigenvalue weighted by atomic mass is 10.2. The van der Waals surface area contributed by atoms with Gasteiger partial charge in [0.25, 0.3) is 0 Å². The molecule has 2 N–H and O–H groups in total. The van der Waals surface area contributed by atoms with Gasteiger partial charge in [0.1, 0.15) is 0 Å². The van der Waals surface area contributed by atoms with Crippen molar-refractivity contribution in [2.24, 2.45) is 4.99 Å². The molecule has 0 aliphatic rings. The predicted molar refractivity (Wildman–Crippen MR) is 125 cm³/mol. The highest BCUT2D eigenvalue weighted by atomic mass is 127. The zero-order valence-electron chi connectivity index (χ0n) is 16.5. The summed E-state index contributed by atoms with van der Waals surface area (Å²) >= 11 is 6.21. The molecule has 0 aromatic heterocycles. The van der Waals surface area contributed by atoms with Gasteiger partial charge in [-0.3, -0.25) is 0 Å². The van der Waals surface area contributed by atoms with Crippen LogP contribution in [0.2, 0.25) is 5.02 Å². The van der Waals surface area contributed by atoms with Gasteiger partial charge in [-0.2, -0.15) is 0 Å². The third-order valence-corrected chi connectivity index (χ3v) is 4.26. The molecule has 0 aliphatic heterocycles. The predicted octanol–water partition coefficient (Wildman–Crippen LogP) is 4.24. The van der Waals surface area contributed by atoms with Crippen LogP contribution in [0, 0.1) is 0 Å². The Bertz CT molecular complexity index is 762. The Balaban J connectivity index is 0.00000392. The van der Waals surface area contributed by atoms with Crippen molar-refractivity contribution in [1.82, 2.24) is 10.6 Å². The second-order valence-electron chi connectivity index (χ2n) is 5.67. The number of benzene rings is 2. The fourth-order valence-electron chi connectivity index (χ4n) is 2.56. The van der Waals surface area contributed by atoms with Gasteiger partial charge >= 0.3 is 0 Å². The average Bonchev–Trinajstić information content (AvgIpc) is 2.70. The van der Waals surface area contributed by atoms with E-state index in [0.29, 0.717) is 36.3 Å². The van der Waals surface area contributed by atoms with E-state index in [1.165, 1.54) is 0 Å². The van der Waals surface area contributed by atoms with Crippen molar-refractivity contribution < 1.29 is 14.2 Å². The molecule has 154 valence electrons. The fraction of sp³-hybridized carbons (Fsp3) is 0.350. The minimum Gasteiger partial charge on any atom is -0.493 e. The summed E-state index contributed by atoms with van der Waals surface area (Å²) in [6.45, 7) is 3.81. The van der Waals surface area contributed by atoms with Crippen LogP contribution in [-0.2, 0) is 13.1 Å². The van der Waals surface area contributed by atoms with E-state index in [4.69, 9.17) is 25.8 Å². The Morgan fingerprint density at radius 1 is 1.00 bits per heavy atom. The number of halogens is 2. The zero-order valence-corrected chi connectivity index (χ0v) is 19.6. The molecule has 28 heavy (non-hydrogen) atoms. The molecule has 0 atom stereocenters. The van der Waals surface area contributed by atoms with Crippen molar-refractivity contribution in [2.75, 3.05) is 27.9 Å². The van der Waals surface area contributed by atoms with Crippen molar-refractivity contribution in [3.05, 3.63) is 52.5 Å². The normalized spacial score (nSPS) is 10.7. The van der Waals surface area contributed by atoms with E-state index in [0.717, 1.165) is 22.7 Å². The molecular formula is C20H27ClIN3O3. The van der Waals surface area contributed by atoms with Crippen LogP contribution in [-0.4, -0.2) is 33.8 Å². The zero-order chi connectivity index (χ0) is 19.6. The van der Waals surface area contributed by atoms with E-state index in [9.17, 15) is 0 Å². The SMILES string of the molecule is CCNC(=NCc1cc(OC)c(OC)c(OC)c1)NCc1ccccc1Cl.I. The monoisotopic (exact) mass is 519 g/mol. The molecule has 2 rings (SSSR count). The van der Waals surface area contributed by atoms with Gasteiger partial charge in [0.15, 0.2) is 17.5 Å². The summed E-state index contributed by atoms with van der Waals surface area (Å²) in [7, 11) is 4.78. The molecule has 0 spiro atoms. The molecule has 2 aromatic rings. The number of hydrogen-bond donors (Lipinski definition) is 2. The number of aliphatic imine (C=N–C) groups is 1. The maximum absolute atomic E-state index is 6.21. The summed E-state index contributed by atoms with van der Waals surface area (Å²) in [5, 5.41) is 7.25. The number of guanidine groups is 1. The van der Waals surface area contributed by atoms with E-state index < -0.39 is 0 Å². The summed E-state index contributed by atoms with van der Waals surface area (Å²) in [5.74, 6) is 2.48. The molecule has 0 amide bonds. The third kappa shape index (κ3) is 6.63. The number of ether oxygens (including phenoxy) is 3. The van der Waals surface area contributed by atoms with E-state index >= 15 is 0 Å². The fourth-order valence-corrected chi connectivity index (χ4v) is 2.76. The summed E-state index contributed by atoms with van der Waals surface area (Å²) in [5.41, 5.74) is 1.96. The summed E-state index contributed by atoms with van der Waals surface area (Å²) in [4.78, 5) is 4.63. The number of hydrogen-bond acceptors (Lipinski definition) is 4. The first-order chi connectivity index (χ1) is 13.1. The van der Waals surface area contributed by atoms with Gasteiger partial charge in [-0.1, -0.05) is 29.8 Å². The van der Waals surface area contributed by atoms with E-state index in [1.807, 2.05) is 43.3 Å². The Hall–Kier alpha value is -1.87. The number of rotatable bonds is 8. The van der Waals surface area contributed by atoms with Crippen LogP contribution in [0.4, 0.5) is 0 Å². The molecule has 2 aromatic carbocycles. The molecule has 0 fully saturated rings. The van der Waals surface area contributed by atoms with Crippen LogP contribution >= 0.6 is 35.6 Å². The van der Waals surface area contributed by atoms with Crippen molar-refractivity contribution in [2.45, 2.75) is 20.0 Å². The van der Waals surface area contributed by atoms with Gasteiger partial charge in [0.2, 0.25) is 5.75 Å². The van der Waals surface area contributed by atoms with Gasteiger partial charge in [-0.25, -0.2) is 4.99 Å². The molecule has 0 unspecified atom stereocenters. The molecule has 0 heterocycles. The number of nitrogens with zero attached hydrogens (tertiary/aromatic N) is 1. The summed E-state index contributed by atoms with van der Waals surface area (Å²) < 4.78 is 16.1. The molecular weight excluding hydrogens is 493 g/mol. The molecule has 6 nitrogen and oxygen atoms in total. The lowest BCUT2D eigenvalue weighted by Crippen LogP contribution is -2.36. The first-order valence-corrected chi connectivity index (χ1v) is 9.05. The summed E-state index contributed by atoms with van der Waals surface area (Å²) in [6.07, 6.45) is 0. The highest BCUT2D eigenvalue weighted by Crippen LogP contribution is 2.38. The Morgan fingerprint density at radius 2 is 1.64 bits per heavy atom. The average molecular weight is 520 g/mol. The minimum absolute atomic E-state index is 0. The van der Waals surface area contributed by atoms with Crippen LogP contribution in [0.1, 0.15) is 18.1 Å². The van der Waals surface area contributed by atoms with Crippen molar-refractivity contribution in [3.63, 3.8) is 0 Å². The maximum atomic E-state index is 6.21. The van der Waals surface area contributed by atoms with Crippen LogP contribution in [0.5, 0.6) is 17.2 Å². The molecule has 0 radical (unpaired) electrons. The highest BCUT2D eigenvalue weighted by Gasteiger charge is 2.13. The lowest BCUT2D eigenvalue weighted by Gasteiger charge is -2.14. The van der Waals surface area contributed by atoms with Gasteiger partial charge in [-0.15, -0.1) is 24.0 Å². The van der Waals surface area contributed by atoms with Crippen LogP contribution < -0.4 is 24.8 Å². The second kappa shape index (κ2) is 12.6. The highest BCUT2D eigenvalue weighted by molar-refractivity contribution is 14.0. The quantitative estimate of drug-likeness (QED) is 0.310. The van der Waals surface area contributed by atoms with Crippen LogP contribution in [0.15, 0.2) is 41.4 Å². The molecule has 0 saturated heterocycles. The maximum Gasteiger partial charge on any atom is 0.203 e. The van der Waals surface area contributed by atoms with E-state index in [1.54, 1.807) is 21.3 Å². The van der Waals surface area contributed by atoms with Gasteiger partial charge in [0.05, 0.1) is 27.9 Å². The number of methoxy groups -OCH3 is 3. The van der Waals surface area contributed by atoms with Crippen LogP contribution in [0.25, 0.3) is 0 Å². The Morgan fingerprint density at radius 3 is 2.18 bits per heavy atom. The van der Waals surface area contributed by atoms with Gasteiger partial charge < -0.3 is 24.8 Å². The standard InChI is InChI=1S/C20H26ClN3O3.HI/c1-5-22-20(24-13-15-8-6-7-9-16(15)21)23-12-14-10-17(25-2)19(27-4)18(11-14)26-3;/h6-11H,5,12-13H2,1-4H3,(H2,22,23,24);1H. The molecule has 0 aliphatic carbocycles. The Labute approximate surface area is 188 Å². The van der Waals surface area contributed by atoms with E-state index in [2.05, 4.69) is 15.6 Å². The first kappa shape index (κ1) is 24.2. The van der Waals surface area contributed by atoms with Crippen molar-refractivity contribution >= 4 is 41.5 Å². The van der Waals surface area contributed by atoms with Gasteiger partial charge in [0, 0.05) is 18.1 Å². The third-order valence-electron chi connectivity index (χ3n) is 3.89. The first-order valence-electron chi connectivity index (χ1n) is 8.67.